The van der Waals surface area contributed by atoms with Crippen molar-refractivity contribution in [3.8, 4) is 0 Å². The zero-order valence-corrected chi connectivity index (χ0v) is 24.9. The second-order valence-electron chi connectivity index (χ2n) is 14.2. The molecule has 5 saturated heterocycles. The van der Waals surface area contributed by atoms with Crippen LogP contribution in [0.25, 0.3) is 0 Å². The number of fused-ring (bicyclic) bond motifs is 8. The molecule has 5 aliphatic heterocycles. The van der Waals surface area contributed by atoms with Crippen molar-refractivity contribution in [2.24, 2.45) is 47.3 Å². The summed E-state index contributed by atoms with van der Waals surface area (Å²) < 4.78 is 0. The fourth-order valence-electron chi connectivity index (χ4n) is 10.7. The van der Waals surface area contributed by atoms with Crippen LogP contribution in [-0.2, 0) is 0 Å². The van der Waals surface area contributed by atoms with Gasteiger partial charge in [-0.05, 0) is 73.0 Å². The van der Waals surface area contributed by atoms with E-state index in [-0.39, 0.29) is 0 Å². The first-order chi connectivity index (χ1) is 17.3. The molecule has 36 heavy (non-hydrogen) atoms. The molecule has 16 atom stereocenters. The molecule has 0 aliphatic carbocycles. The molecule has 5 rings (SSSR count). The summed E-state index contributed by atoms with van der Waals surface area (Å²) in [6, 6.07) is 5.35. The van der Waals surface area contributed by atoms with E-state index in [0.29, 0.717) is 48.3 Å². The van der Waals surface area contributed by atoms with Gasteiger partial charge in [-0.25, -0.2) is 0 Å². The third-order valence-corrected chi connectivity index (χ3v) is 12.9. The minimum atomic E-state index is 0.664. The van der Waals surface area contributed by atoms with Gasteiger partial charge in [-0.1, -0.05) is 81.1 Å². The van der Waals surface area contributed by atoms with Crippen molar-refractivity contribution in [3.05, 3.63) is 0 Å². The number of rotatable bonds is 4. The van der Waals surface area contributed by atoms with Gasteiger partial charge in [0.25, 0.3) is 0 Å². The van der Waals surface area contributed by atoms with Gasteiger partial charge in [-0.3, -0.25) is 0 Å². The van der Waals surface area contributed by atoms with Crippen LogP contribution >= 0.6 is 0 Å². The molecule has 0 radical (unpaired) electrons. The van der Waals surface area contributed by atoms with Crippen LogP contribution < -0.4 is 21.3 Å². The molecule has 4 N–H and O–H groups in total. The Labute approximate surface area is 223 Å². The Hall–Kier alpha value is -0.160. The lowest BCUT2D eigenvalue weighted by Crippen LogP contribution is -2.45. The highest BCUT2D eigenvalue weighted by Gasteiger charge is 2.50. The summed E-state index contributed by atoms with van der Waals surface area (Å²) in [6.07, 6.45) is 10.5. The summed E-state index contributed by atoms with van der Waals surface area (Å²) in [5.74, 6) is 6.38. The fourth-order valence-corrected chi connectivity index (χ4v) is 10.7. The summed E-state index contributed by atoms with van der Waals surface area (Å²) in [5, 5.41) is 17.1. The molecule has 4 nitrogen and oxygen atoms in total. The minimum absolute atomic E-state index is 0.664. The standard InChI is InChI=1S/C32H60N4/c1-9-21-17(5)25-14-30-23(11-3)19(7)27(35-30)16-32-24(12-4)20(8)28(36-32)15-31-22(10-2)18(6)26(34-31)13-29(21)33-25/h17-36H,9-16H2,1-8H3. The van der Waals surface area contributed by atoms with Gasteiger partial charge in [0.05, 0.1) is 0 Å². The normalized spacial score (nSPS) is 55.3. The van der Waals surface area contributed by atoms with E-state index in [1.165, 1.54) is 51.4 Å². The van der Waals surface area contributed by atoms with Crippen LogP contribution in [0.2, 0.25) is 0 Å². The predicted octanol–water partition coefficient (Wildman–Crippen LogP) is 5.57. The monoisotopic (exact) mass is 500 g/mol. The van der Waals surface area contributed by atoms with Crippen LogP contribution in [0.3, 0.4) is 0 Å². The first kappa shape index (κ1) is 27.4. The van der Waals surface area contributed by atoms with Gasteiger partial charge in [0, 0.05) is 48.3 Å². The van der Waals surface area contributed by atoms with Crippen molar-refractivity contribution in [1.82, 2.24) is 21.3 Å². The molecule has 208 valence electrons. The van der Waals surface area contributed by atoms with E-state index < -0.39 is 0 Å². The van der Waals surface area contributed by atoms with E-state index in [9.17, 15) is 0 Å². The van der Waals surface area contributed by atoms with Gasteiger partial charge in [0.1, 0.15) is 0 Å². The average molecular weight is 501 g/mol. The highest BCUT2D eigenvalue weighted by molar-refractivity contribution is 5.08. The Balaban J connectivity index is 1.45. The lowest BCUT2D eigenvalue weighted by molar-refractivity contribution is 0.281. The number of nitrogens with one attached hydrogen (secondary N) is 4. The zero-order valence-electron chi connectivity index (χ0n) is 24.9. The molecule has 5 fully saturated rings. The van der Waals surface area contributed by atoms with Gasteiger partial charge in [0.15, 0.2) is 0 Å². The predicted molar refractivity (Wildman–Crippen MR) is 153 cm³/mol. The third-order valence-electron chi connectivity index (χ3n) is 12.9. The molecule has 0 aromatic carbocycles. The van der Waals surface area contributed by atoms with Crippen molar-refractivity contribution in [2.75, 3.05) is 0 Å². The smallest absolute Gasteiger partial charge is 0.0116 e. The van der Waals surface area contributed by atoms with Gasteiger partial charge in [-0.15, -0.1) is 0 Å². The van der Waals surface area contributed by atoms with Crippen LogP contribution in [0.4, 0.5) is 0 Å². The summed E-state index contributed by atoms with van der Waals surface area (Å²) in [5.41, 5.74) is 0. The van der Waals surface area contributed by atoms with Gasteiger partial charge in [0.2, 0.25) is 0 Å². The van der Waals surface area contributed by atoms with E-state index in [1.807, 2.05) is 0 Å². The van der Waals surface area contributed by atoms with Crippen LogP contribution in [0.5, 0.6) is 0 Å². The third kappa shape index (κ3) is 4.73. The molecule has 0 spiro atoms. The molecule has 0 saturated carbocycles. The Kier molecular flexibility index (Phi) is 8.48. The lowest BCUT2D eigenvalue weighted by Gasteiger charge is -2.27. The van der Waals surface area contributed by atoms with Gasteiger partial charge < -0.3 is 21.3 Å². The van der Waals surface area contributed by atoms with Crippen molar-refractivity contribution < 1.29 is 0 Å². The first-order valence-corrected chi connectivity index (χ1v) is 16.3. The van der Waals surface area contributed by atoms with E-state index in [2.05, 4.69) is 76.7 Å². The Morgan fingerprint density at radius 3 is 0.722 bits per heavy atom. The highest BCUT2D eigenvalue weighted by atomic mass is 15.1. The van der Waals surface area contributed by atoms with Gasteiger partial charge >= 0.3 is 0 Å². The molecule has 0 aromatic heterocycles. The second-order valence-corrected chi connectivity index (χ2v) is 14.2. The molecule has 5 aliphatic rings. The Bertz CT molecular complexity index is 607. The quantitative estimate of drug-likeness (QED) is 0.407. The maximum absolute atomic E-state index is 4.26. The van der Waals surface area contributed by atoms with Crippen LogP contribution in [0.1, 0.15) is 107 Å². The molecule has 4 heteroatoms. The van der Waals surface area contributed by atoms with E-state index in [0.717, 1.165) is 47.3 Å². The maximum Gasteiger partial charge on any atom is 0.0116 e. The minimum Gasteiger partial charge on any atom is -0.311 e. The maximum atomic E-state index is 4.26. The van der Waals surface area contributed by atoms with Crippen LogP contribution in [0, 0.1) is 47.3 Å². The van der Waals surface area contributed by atoms with E-state index >= 15 is 0 Å². The lowest BCUT2D eigenvalue weighted by atomic mass is 9.77. The number of hydrogen-bond acceptors (Lipinski definition) is 4. The van der Waals surface area contributed by atoms with Crippen molar-refractivity contribution in [3.63, 3.8) is 0 Å². The van der Waals surface area contributed by atoms with Crippen molar-refractivity contribution in [1.29, 1.82) is 0 Å². The topological polar surface area (TPSA) is 48.1 Å². The van der Waals surface area contributed by atoms with Crippen LogP contribution in [0.15, 0.2) is 0 Å². The first-order valence-electron chi connectivity index (χ1n) is 16.3. The van der Waals surface area contributed by atoms with Gasteiger partial charge in [-0.2, -0.15) is 0 Å². The SMILES string of the molecule is CCC1C2CC3NC(CC4NC(CC5NC(CC(N2)C1C)C(CC)C5C)C(CC)C4C)C(CC)C3C. The Morgan fingerprint density at radius 1 is 0.361 bits per heavy atom. The molecule has 8 bridgehead atoms. The number of hydrogen-bond donors (Lipinski definition) is 4. The van der Waals surface area contributed by atoms with E-state index in [1.54, 1.807) is 0 Å². The molecule has 0 amide bonds. The molecule has 5 heterocycles. The zero-order chi connectivity index (χ0) is 25.7. The highest BCUT2D eigenvalue weighted by Crippen LogP contribution is 2.44. The van der Waals surface area contributed by atoms with Crippen molar-refractivity contribution >= 4 is 0 Å². The van der Waals surface area contributed by atoms with Crippen molar-refractivity contribution in [2.45, 2.75) is 155 Å². The molecule has 16 unspecified atom stereocenters. The molecular formula is C32H60N4. The molecular weight excluding hydrogens is 440 g/mol. The average Bonchev–Trinajstić information content (AvgIpc) is 3.51. The fraction of sp³-hybridized carbons (Fsp3) is 1.00. The largest absolute Gasteiger partial charge is 0.311 e. The van der Waals surface area contributed by atoms with Crippen LogP contribution in [-0.4, -0.2) is 48.3 Å². The Morgan fingerprint density at radius 2 is 0.556 bits per heavy atom. The summed E-state index contributed by atoms with van der Waals surface area (Å²) in [7, 11) is 0. The molecule has 0 aromatic rings. The second kappa shape index (κ2) is 11.1. The summed E-state index contributed by atoms with van der Waals surface area (Å²) >= 11 is 0. The summed E-state index contributed by atoms with van der Waals surface area (Å²) in [6.45, 7) is 20.0. The van der Waals surface area contributed by atoms with E-state index in [4.69, 9.17) is 0 Å². The summed E-state index contributed by atoms with van der Waals surface area (Å²) in [4.78, 5) is 0.